The number of rotatable bonds is 0. The van der Waals surface area contributed by atoms with Gasteiger partial charge in [-0.05, 0) is 0 Å². The highest BCUT2D eigenvalue weighted by Gasteiger charge is 2.03. The van der Waals surface area contributed by atoms with E-state index < -0.39 is 0 Å². The molecule has 0 aromatic heterocycles. The summed E-state index contributed by atoms with van der Waals surface area (Å²) in [6.07, 6.45) is 1.38. The second-order valence-electron chi connectivity index (χ2n) is 1.29. The Labute approximate surface area is 51.8 Å². The van der Waals surface area contributed by atoms with Gasteiger partial charge in [0.2, 0.25) is 5.96 Å². The van der Waals surface area contributed by atoms with Crippen LogP contribution in [0.15, 0.2) is 9.98 Å². The van der Waals surface area contributed by atoms with Gasteiger partial charge >= 0.3 is 0 Å². The largest absolute Gasteiger partial charge is 0.368 e. The molecule has 1 rings (SSSR count). The molecular formula is C3H5ClN4. The number of nitrogens with two attached hydrogens (primary N) is 1. The van der Waals surface area contributed by atoms with E-state index in [0.29, 0.717) is 12.6 Å². The van der Waals surface area contributed by atoms with Crippen LogP contribution in [0, 0.1) is 0 Å². The number of aliphatic imine (C=N–C) groups is 2. The summed E-state index contributed by atoms with van der Waals surface area (Å²) in [6.45, 7) is 0.386. The molecule has 0 aromatic carbocycles. The first-order valence-corrected chi connectivity index (χ1v) is 2.39. The third-order valence-electron chi connectivity index (χ3n) is 0.726. The minimum atomic E-state index is 0.293. The smallest absolute Gasteiger partial charge is 0.214 e. The zero-order chi connectivity index (χ0) is 5.98. The summed E-state index contributed by atoms with van der Waals surface area (Å²) >= 11 is 5.43. The van der Waals surface area contributed by atoms with Crippen molar-refractivity contribution in [2.75, 3.05) is 6.67 Å². The molecule has 8 heavy (non-hydrogen) atoms. The zero-order valence-electron chi connectivity index (χ0n) is 4.08. The fourth-order valence-electron chi connectivity index (χ4n) is 0.343. The minimum absolute atomic E-state index is 0.293. The molecule has 0 bridgehead atoms. The van der Waals surface area contributed by atoms with Crippen molar-refractivity contribution in [1.82, 2.24) is 4.42 Å². The van der Waals surface area contributed by atoms with Crippen molar-refractivity contribution < 1.29 is 0 Å². The Morgan fingerprint density at radius 3 is 3.00 bits per heavy atom. The molecule has 44 valence electrons. The van der Waals surface area contributed by atoms with Gasteiger partial charge < -0.3 is 5.73 Å². The summed E-state index contributed by atoms with van der Waals surface area (Å²) in [4.78, 5) is 7.32. The summed E-state index contributed by atoms with van der Waals surface area (Å²) in [7, 11) is 0. The van der Waals surface area contributed by atoms with Crippen LogP contribution in [-0.2, 0) is 0 Å². The molecule has 4 nitrogen and oxygen atoms in total. The van der Waals surface area contributed by atoms with E-state index in [-0.39, 0.29) is 0 Å². The van der Waals surface area contributed by atoms with Crippen LogP contribution in [0.4, 0.5) is 0 Å². The van der Waals surface area contributed by atoms with Gasteiger partial charge in [0.25, 0.3) is 0 Å². The molecule has 1 aliphatic heterocycles. The van der Waals surface area contributed by atoms with E-state index in [1.807, 2.05) is 0 Å². The maximum absolute atomic E-state index is 5.43. The molecule has 1 aliphatic rings. The van der Waals surface area contributed by atoms with E-state index in [2.05, 4.69) is 9.98 Å². The minimum Gasteiger partial charge on any atom is -0.368 e. The maximum Gasteiger partial charge on any atom is 0.214 e. The van der Waals surface area contributed by atoms with Crippen LogP contribution < -0.4 is 5.73 Å². The van der Waals surface area contributed by atoms with Gasteiger partial charge in [0.05, 0.1) is 0 Å². The van der Waals surface area contributed by atoms with Crippen molar-refractivity contribution in [3.05, 3.63) is 0 Å². The first-order chi connectivity index (χ1) is 3.80. The summed E-state index contributed by atoms with van der Waals surface area (Å²) in [5, 5.41) is 0. The van der Waals surface area contributed by atoms with Crippen molar-refractivity contribution in [3.63, 3.8) is 0 Å². The topological polar surface area (TPSA) is 54.0 Å². The molecule has 0 saturated carbocycles. The van der Waals surface area contributed by atoms with Crippen LogP contribution in [0.1, 0.15) is 0 Å². The van der Waals surface area contributed by atoms with Crippen molar-refractivity contribution in [1.29, 1.82) is 0 Å². The second kappa shape index (κ2) is 2.00. The quantitative estimate of drug-likeness (QED) is 0.463. The fourth-order valence-corrected chi connectivity index (χ4v) is 0.449. The van der Waals surface area contributed by atoms with Crippen LogP contribution in [0.25, 0.3) is 0 Å². The molecule has 0 unspecified atom stereocenters. The lowest BCUT2D eigenvalue weighted by molar-refractivity contribution is 0.660. The monoisotopic (exact) mass is 132 g/mol. The Kier molecular flexibility index (Phi) is 1.34. The number of hydrogen-bond acceptors (Lipinski definition) is 4. The van der Waals surface area contributed by atoms with Gasteiger partial charge in [0.15, 0.2) is 0 Å². The molecule has 5 heteroatoms. The average molecular weight is 133 g/mol. The van der Waals surface area contributed by atoms with E-state index in [4.69, 9.17) is 17.5 Å². The van der Waals surface area contributed by atoms with Crippen molar-refractivity contribution in [2.45, 2.75) is 0 Å². The first-order valence-electron chi connectivity index (χ1n) is 2.05. The molecule has 0 radical (unpaired) electrons. The summed E-state index contributed by atoms with van der Waals surface area (Å²) in [6, 6.07) is 0. The van der Waals surface area contributed by atoms with Gasteiger partial charge in [0.1, 0.15) is 13.0 Å². The van der Waals surface area contributed by atoms with Crippen LogP contribution in [0.5, 0.6) is 0 Å². The Morgan fingerprint density at radius 2 is 2.62 bits per heavy atom. The Balaban J connectivity index is 2.66. The first kappa shape index (κ1) is 5.37. The third kappa shape index (κ3) is 0.894. The lowest BCUT2D eigenvalue weighted by Crippen LogP contribution is -2.31. The highest BCUT2D eigenvalue weighted by Crippen LogP contribution is 1.95. The number of halogens is 1. The fraction of sp³-hybridized carbons (Fsp3) is 0.333. The van der Waals surface area contributed by atoms with Gasteiger partial charge in [-0.25, -0.2) is 9.41 Å². The van der Waals surface area contributed by atoms with Gasteiger partial charge in [0, 0.05) is 11.8 Å². The van der Waals surface area contributed by atoms with E-state index in [1.165, 1.54) is 10.8 Å². The molecular weight excluding hydrogens is 128 g/mol. The lowest BCUT2D eigenvalue weighted by atomic mass is 10.8. The van der Waals surface area contributed by atoms with E-state index >= 15 is 0 Å². The number of guanidine groups is 1. The summed E-state index contributed by atoms with van der Waals surface area (Å²) in [5.41, 5.74) is 5.23. The molecule has 0 amide bonds. The highest BCUT2D eigenvalue weighted by atomic mass is 35.5. The molecule has 0 fully saturated rings. The molecule has 0 atom stereocenters. The normalized spacial score (nSPS) is 18.6. The van der Waals surface area contributed by atoms with Crippen LogP contribution >= 0.6 is 11.8 Å². The second-order valence-corrected chi connectivity index (χ2v) is 1.70. The van der Waals surface area contributed by atoms with E-state index in [0.717, 1.165) is 0 Å². The maximum atomic E-state index is 5.43. The lowest BCUT2D eigenvalue weighted by Gasteiger charge is -2.12. The van der Waals surface area contributed by atoms with Gasteiger partial charge in [-0.15, -0.1) is 0 Å². The van der Waals surface area contributed by atoms with Crippen LogP contribution in [0.2, 0.25) is 0 Å². The molecule has 0 spiro atoms. The van der Waals surface area contributed by atoms with Gasteiger partial charge in [-0.1, -0.05) is 0 Å². The number of nitrogens with zero attached hydrogens (tertiary/aromatic N) is 3. The van der Waals surface area contributed by atoms with Crippen LogP contribution in [0.3, 0.4) is 0 Å². The van der Waals surface area contributed by atoms with Gasteiger partial charge in [-0.3, -0.25) is 4.99 Å². The molecule has 0 aliphatic carbocycles. The van der Waals surface area contributed by atoms with Gasteiger partial charge in [-0.2, -0.15) is 0 Å². The average Bonchev–Trinajstić information content (AvgIpc) is 1.77. The molecule has 1 heterocycles. The summed E-state index contributed by atoms with van der Waals surface area (Å²) < 4.78 is 1.24. The standard InChI is InChI=1S/C3H5ClN4/c4-8-2-6-1-7-3(8)5/h1H,2H2,(H2,5,6,7). The predicted molar refractivity (Wildman–Crippen MR) is 32.7 cm³/mol. The van der Waals surface area contributed by atoms with E-state index in [9.17, 15) is 0 Å². The predicted octanol–water partition coefficient (Wildman–Crippen LogP) is -0.244. The Bertz CT molecular complexity index is 140. The van der Waals surface area contributed by atoms with Crippen LogP contribution in [-0.4, -0.2) is 23.4 Å². The van der Waals surface area contributed by atoms with Crippen molar-refractivity contribution in [3.8, 4) is 0 Å². The molecule has 2 N–H and O–H groups in total. The Morgan fingerprint density at radius 1 is 1.88 bits per heavy atom. The Hall–Kier alpha value is -0.770. The zero-order valence-corrected chi connectivity index (χ0v) is 4.84. The summed E-state index contributed by atoms with van der Waals surface area (Å²) in [5.74, 6) is 0.293. The highest BCUT2D eigenvalue weighted by molar-refractivity contribution is 6.22. The third-order valence-corrected chi connectivity index (χ3v) is 1.01. The molecule has 0 saturated heterocycles. The van der Waals surface area contributed by atoms with Crippen molar-refractivity contribution >= 4 is 24.1 Å². The SMILES string of the molecule is NC1=NC=NCN1Cl. The van der Waals surface area contributed by atoms with Crippen molar-refractivity contribution in [2.24, 2.45) is 15.7 Å². The number of hydrogen-bond donors (Lipinski definition) is 1. The molecule has 0 aromatic rings. The van der Waals surface area contributed by atoms with E-state index in [1.54, 1.807) is 0 Å².